The van der Waals surface area contributed by atoms with Gasteiger partial charge in [-0.3, -0.25) is 5.32 Å². The molecule has 0 aromatic heterocycles. The predicted octanol–water partition coefficient (Wildman–Crippen LogP) is 2.37. The minimum absolute atomic E-state index is 0.111. The molecule has 146 valence electrons. The second kappa shape index (κ2) is 8.91. The summed E-state index contributed by atoms with van der Waals surface area (Å²) in [4.78, 5) is 0. The summed E-state index contributed by atoms with van der Waals surface area (Å²) < 4.78 is 29.2. The number of hydrogen-bond acceptors (Lipinski definition) is 6. The van der Waals surface area contributed by atoms with Crippen LogP contribution in [0.25, 0.3) is 0 Å². The Morgan fingerprint density at radius 2 is 1.88 bits per heavy atom. The maximum Gasteiger partial charge on any atom is 0.150 e. The maximum atomic E-state index is 11.8. The lowest BCUT2D eigenvalue weighted by molar-refractivity contribution is -0.00728. The molecule has 5 nitrogen and oxygen atoms in total. The third-order valence-electron chi connectivity index (χ3n) is 6.33. The molecule has 0 amide bonds. The van der Waals surface area contributed by atoms with Gasteiger partial charge in [0.05, 0.1) is 11.4 Å². The Kier molecular flexibility index (Phi) is 7.10. The van der Waals surface area contributed by atoms with E-state index in [4.69, 9.17) is 4.74 Å². The fourth-order valence-corrected chi connectivity index (χ4v) is 7.14. The molecule has 1 saturated carbocycles. The average molecular weight is 391 g/mol. The smallest absolute Gasteiger partial charge is 0.150 e. The van der Waals surface area contributed by atoms with Gasteiger partial charge in [0.25, 0.3) is 0 Å². The van der Waals surface area contributed by atoms with E-state index in [9.17, 15) is 8.42 Å². The minimum Gasteiger partial charge on any atom is -0.367 e. The van der Waals surface area contributed by atoms with Crippen LogP contribution in [0.4, 0.5) is 0 Å². The predicted molar refractivity (Wildman–Crippen MR) is 105 cm³/mol. The first-order valence-corrected chi connectivity index (χ1v) is 12.8. The Morgan fingerprint density at radius 1 is 1.12 bits per heavy atom. The van der Waals surface area contributed by atoms with Crippen LogP contribution in [0.5, 0.6) is 0 Å². The zero-order valence-corrected chi connectivity index (χ0v) is 17.2. The number of hydrogen-bond donors (Lipinski definition) is 2. The summed E-state index contributed by atoms with van der Waals surface area (Å²) >= 11 is 2.09. The first-order valence-electron chi connectivity index (χ1n) is 9.78. The summed E-state index contributed by atoms with van der Waals surface area (Å²) in [5, 5.41) is 7.96. The van der Waals surface area contributed by atoms with Crippen molar-refractivity contribution in [1.82, 2.24) is 10.6 Å². The number of thioether (sulfide) groups is 1. The van der Waals surface area contributed by atoms with Crippen molar-refractivity contribution in [3.8, 4) is 0 Å². The van der Waals surface area contributed by atoms with Crippen molar-refractivity contribution in [2.24, 2.45) is 11.8 Å². The van der Waals surface area contributed by atoms with Crippen LogP contribution in [-0.2, 0) is 14.6 Å². The second-order valence-corrected chi connectivity index (χ2v) is 11.8. The standard InChI is InChI=1S/C18H34N2O3S2/c1-23-18-11-14(13-5-7-16(8-6-13)25(2,21)22)10-17(20-18)19-12-15-4-3-9-24-15/h13-20H,3-12H2,1-2H3. The number of rotatable bonds is 6. The van der Waals surface area contributed by atoms with Gasteiger partial charge in [0.2, 0.25) is 0 Å². The van der Waals surface area contributed by atoms with Crippen LogP contribution in [0.1, 0.15) is 51.4 Å². The molecule has 4 unspecified atom stereocenters. The highest BCUT2D eigenvalue weighted by molar-refractivity contribution is 8.00. The highest BCUT2D eigenvalue weighted by Gasteiger charge is 2.36. The molecule has 2 N–H and O–H groups in total. The molecule has 0 radical (unpaired) electrons. The van der Waals surface area contributed by atoms with Crippen LogP contribution >= 0.6 is 11.8 Å². The molecule has 0 aromatic carbocycles. The number of nitrogens with one attached hydrogen (secondary N) is 2. The summed E-state index contributed by atoms with van der Waals surface area (Å²) in [7, 11) is -1.09. The Bertz CT molecular complexity index is 514. The fourth-order valence-electron chi connectivity index (χ4n) is 4.79. The number of methoxy groups -OCH3 is 1. The quantitative estimate of drug-likeness (QED) is 0.726. The van der Waals surface area contributed by atoms with Crippen LogP contribution in [0, 0.1) is 11.8 Å². The lowest BCUT2D eigenvalue weighted by Crippen LogP contribution is -2.55. The molecule has 3 fully saturated rings. The molecule has 7 heteroatoms. The molecule has 1 aliphatic carbocycles. The molecular weight excluding hydrogens is 356 g/mol. The first-order chi connectivity index (χ1) is 12.0. The number of ether oxygens (including phenoxy) is 1. The van der Waals surface area contributed by atoms with Crippen LogP contribution in [0.2, 0.25) is 0 Å². The van der Waals surface area contributed by atoms with Gasteiger partial charge in [0.1, 0.15) is 16.1 Å². The van der Waals surface area contributed by atoms with Crippen LogP contribution in [-0.4, -0.2) is 57.0 Å². The van der Waals surface area contributed by atoms with Gasteiger partial charge in [0.15, 0.2) is 0 Å². The molecule has 3 rings (SSSR count). The van der Waals surface area contributed by atoms with E-state index in [0.29, 0.717) is 18.0 Å². The summed E-state index contributed by atoms with van der Waals surface area (Å²) in [5.41, 5.74) is 0. The molecule has 4 atom stereocenters. The van der Waals surface area contributed by atoms with Crippen molar-refractivity contribution in [3.63, 3.8) is 0 Å². The van der Waals surface area contributed by atoms with E-state index in [2.05, 4.69) is 22.4 Å². The van der Waals surface area contributed by atoms with E-state index in [1.807, 2.05) is 0 Å². The van der Waals surface area contributed by atoms with Gasteiger partial charge in [-0.25, -0.2) is 8.42 Å². The third kappa shape index (κ3) is 5.58. The van der Waals surface area contributed by atoms with Crippen molar-refractivity contribution in [1.29, 1.82) is 0 Å². The molecule has 0 spiro atoms. The second-order valence-electron chi connectivity index (χ2n) is 8.08. The highest BCUT2D eigenvalue weighted by Crippen LogP contribution is 2.38. The van der Waals surface area contributed by atoms with E-state index in [1.54, 1.807) is 7.11 Å². The molecule has 3 aliphatic rings. The molecule has 2 saturated heterocycles. The van der Waals surface area contributed by atoms with Gasteiger partial charge >= 0.3 is 0 Å². The highest BCUT2D eigenvalue weighted by atomic mass is 32.2. The molecule has 2 heterocycles. The third-order valence-corrected chi connectivity index (χ3v) is 9.41. The lowest BCUT2D eigenvalue weighted by atomic mass is 9.75. The van der Waals surface area contributed by atoms with Crippen molar-refractivity contribution in [2.45, 2.75) is 74.3 Å². The maximum absolute atomic E-state index is 11.8. The molecule has 25 heavy (non-hydrogen) atoms. The summed E-state index contributed by atoms with van der Waals surface area (Å²) in [5.74, 6) is 2.57. The molecular formula is C18H34N2O3S2. The van der Waals surface area contributed by atoms with Crippen molar-refractivity contribution < 1.29 is 13.2 Å². The molecule has 0 bridgehead atoms. The van der Waals surface area contributed by atoms with Gasteiger partial charge in [-0.15, -0.1) is 0 Å². The Labute approximate surface area is 157 Å². The van der Waals surface area contributed by atoms with E-state index < -0.39 is 9.84 Å². The van der Waals surface area contributed by atoms with E-state index in [1.165, 1.54) is 24.9 Å². The van der Waals surface area contributed by atoms with E-state index in [-0.39, 0.29) is 11.5 Å². The Hall–Kier alpha value is 0.180. The molecule has 0 aromatic rings. The van der Waals surface area contributed by atoms with Gasteiger partial charge in [-0.1, -0.05) is 0 Å². The van der Waals surface area contributed by atoms with Crippen LogP contribution in [0.15, 0.2) is 0 Å². The largest absolute Gasteiger partial charge is 0.367 e. The molecule has 2 aliphatic heterocycles. The van der Waals surface area contributed by atoms with Crippen molar-refractivity contribution in [2.75, 3.05) is 25.7 Å². The summed E-state index contributed by atoms with van der Waals surface area (Å²) in [6, 6.07) is 0. The van der Waals surface area contributed by atoms with Crippen LogP contribution in [0.3, 0.4) is 0 Å². The zero-order valence-electron chi connectivity index (χ0n) is 15.6. The van der Waals surface area contributed by atoms with E-state index in [0.717, 1.165) is 50.3 Å². The number of piperidine rings is 1. The summed E-state index contributed by atoms with van der Waals surface area (Å²) in [6.45, 7) is 1.08. The average Bonchev–Trinajstić information content (AvgIpc) is 3.12. The van der Waals surface area contributed by atoms with Gasteiger partial charge in [-0.2, -0.15) is 11.8 Å². The summed E-state index contributed by atoms with van der Waals surface area (Å²) in [6.07, 6.45) is 10.4. The zero-order chi connectivity index (χ0) is 17.9. The fraction of sp³-hybridized carbons (Fsp3) is 1.00. The monoisotopic (exact) mass is 390 g/mol. The number of sulfone groups is 1. The van der Waals surface area contributed by atoms with Crippen molar-refractivity contribution in [3.05, 3.63) is 0 Å². The van der Waals surface area contributed by atoms with Crippen LogP contribution < -0.4 is 10.6 Å². The first kappa shape index (κ1) is 19.9. The van der Waals surface area contributed by atoms with Gasteiger partial charge in [-0.05, 0) is 69.0 Å². The lowest BCUT2D eigenvalue weighted by Gasteiger charge is -2.41. The topological polar surface area (TPSA) is 67.4 Å². The Balaban J connectivity index is 1.51. The SMILES string of the molecule is COC1CC(C2CCC(S(C)(=O)=O)CC2)CC(NCC2CCCS2)N1. The normalized spacial score (nSPS) is 40.2. The van der Waals surface area contributed by atoms with Gasteiger partial charge in [0, 0.05) is 25.2 Å². The van der Waals surface area contributed by atoms with E-state index >= 15 is 0 Å². The minimum atomic E-state index is -2.88. The van der Waals surface area contributed by atoms with Crippen molar-refractivity contribution >= 4 is 21.6 Å². The Morgan fingerprint density at radius 3 is 2.48 bits per heavy atom. The van der Waals surface area contributed by atoms with Gasteiger partial charge < -0.3 is 10.1 Å².